The van der Waals surface area contributed by atoms with Gasteiger partial charge in [0.25, 0.3) is 0 Å². The predicted octanol–water partition coefficient (Wildman–Crippen LogP) is 2.73. The lowest BCUT2D eigenvalue weighted by molar-refractivity contribution is 0.796. The molecule has 0 spiro atoms. The topological polar surface area (TPSA) is 37.8 Å². The van der Waals surface area contributed by atoms with Gasteiger partial charge in [-0.25, -0.2) is 4.98 Å². The first-order valence-electron chi connectivity index (χ1n) is 5.02. The summed E-state index contributed by atoms with van der Waals surface area (Å²) in [6.07, 6.45) is 2.78. The van der Waals surface area contributed by atoms with Crippen molar-refractivity contribution in [2.24, 2.45) is 0 Å². The first-order chi connectivity index (χ1) is 7.81. The molecule has 0 unspecified atom stereocenters. The van der Waals surface area contributed by atoms with Crippen molar-refractivity contribution < 1.29 is 0 Å². The van der Waals surface area contributed by atoms with Gasteiger partial charge in [0.15, 0.2) is 0 Å². The highest BCUT2D eigenvalue weighted by molar-refractivity contribution is 9.10. The van der Waals surface area contributed by atoms with E-state index in [0.717, 1.165) is 28.3 Å². The lowest BCUT2D eigenvalue weighted by atomic mass is 10.4. The highest BCUT2D eigenvalue weighted by Gasteiger charge is 2.10. The number of pyridine rings is 1. The number of hydrogen-bond donors (Lipinski definition) is 1. The summed E-state index contributed by atoms with van der Waals surface area (Å²) < 4.78 is 0.938. The quantitative estimate of drug-likeness (QED) is 0.943. The van der Waals surface area contributed by atoms with Gasteiger partial charge in [0.1, 0.15) is 9.61 Å². The second-order valence-corrected chi connectivity index (χ2v) is 5.14. The van der Waals surface area contributed by atoms with Crippen molar-refractivity contribution in [3.05, 3.63) is 33.9 Å². The van der Waals surface area contributed by atoms with Crippen LogP contribution in [0.25, 0.3) is 10.7 Å². The standard InChI is InChI=1S/C11H12BrN3S/c1-13-7-5-9-10(12)15-11(16-9)8-4-2-3-6-14-8/h2-4,6,13H,5,7H2,1H3. The lowest BCUT2D eigenvalue weighted by Gasteiger charge is -1.95. The zero-order chi connectivity index (χ0) is 11.4. The van der Waals surface area contributed by atoms with Crippen LogP contribution in [0.5, 0.6) is 0 Å². The maximum absolute atomic E-state index is 4.48. The maximum atomic E-state index is 4.48. The molecule has 0 atom stereocenters. The fraction of sp³-hybridized carbons (Fsp3) is 0.273. The van der Waals surface area contributed by atoms with Crippen molar-refractivity contribution in [2.75, 3.05) is 13.6 Å². The number of nitrogens with zero attached hydrogens (tertiary/aromatic N) is 2. The second kappa shape index (κ2) is 5.52. The van der Waals surface area contributed by atoms with E-state index in [9.17, 15) is 0 Å². The van der Waals surface area contributed by atoms with E-state index in [1.54, 1.807) is 17.5 Å². The number of nitrogens with one attached hydrogen (secondary N) is 1. The minimum atomic E-state index is 0.934. The van der Waals surface area contributed by atoms with Gasteiger partial charge < -0.3 is 5.32 Å². The second-order valence-electron chi connectivity index (χ2n) is 3.30. The molecular formula is C11H12BrN3S. The van der Waals surface area contributed by atoms with E-state index in [0.29, 0.717) is 0 Å². The maximum Gasteiger partial charge on any atom is 0.143 e. The summed E-state index contributed by atoms with van der Waals surface area (Å²) in [5.74, 6) is 0. The van der Waals surface area contributed by atoms with E-state index >= 15 is 0 Å². The van der Waals surface area contributed by atoms with Gasteiger partial charge in [-0.3, -0.25) is 4.98 Å². The molecule has 0 saturated carbocycles. The summed E-state index contributed by atoms with van der Waals surface area (Å²) in [5.41, 5.74) is 0.934. The summed E-state index contributed by atoms with van der Waals surface area (Å²) >= 11 is 5.18. The SMILES string of the molecule is CNCCc1sc(-c2ccccn2)nc1Br. The van der Waals surface area contributed by atoms with Crippen LogP contribution in [0.3, 0.4) is 0 Å². The molecule has 2 aromatic rings. The molecule has 0 aliphatic carbocycles. The molecule has 0 aromatic carbocycles. The summed E-state index contributed by atoms with van der Waals surface area (Å²) in [6.45, 7) is 0.961. The van der Waals surface area contributed by atoms with Gasteiger partial charge >= 0.3 is 0 Å². The molecule has 0 bridgehead atoms. The van der Waals surface area contributed by atoms with Gasteiger partial charge in [-0.2, -0.15) is 0 Å². The first kappa shape index (κ1) is 11.7. The molecule has 0 amide bonds. The fourth-order valence-electron chi connectivity index (χ4n) is 1.32. The molecule has 2 rings (SSSR count). The highest BCUT2D eigenvalue weighted by atomic mass is 79.9. The van der Waals surface area contributed by atoms with Crippen molar-refractivity contribution in [2.45, 2.75) is 6.42 Å². The molecule has 2 aromatic heterocycles. The van der Waals surface area contributed by atoms with Crippen LogP contribution in [-0.2, 0) is 6.42 Å². The number of halogens is 1. The summed E-state index contributed by atoms with van der Waals surface area (Å²) in [6, 6.07) is 5.87. The summed E-state index contributed by atoms with van der Waals surface area (Å²) in [4.78, 5) is 10.0. The largest absolute Gasteiger partial charge is 0.319 e. The number of rotatable bonds is 4. The Labute approximate surface area is 107 Å². The monoisotopic (exact) mass is 297 g/mol. The average Bonchev–Trinajstić information content (AvgIpc) is 2.69. The van der Waals surface area contributed by atoms with Crippen LogP contribution >= 0.6 is 27.3 Å². The van der Waals surface area contributed by atoms with Crippen LogP contribution in [0.15, 0.2) is 29.0 Å². The van der Waals surface area contributed by atoms with Gasteiger partial charge in [-0.05, 0) is 48.1 Å². The van der Waals surface area contributed by atoms with Crippen LogP contribution in [0, 0.1) is 0 Å². The Morgan fingerprint density at radius 3 is 3.00 bits per heavy atom. The van der Waals surface area contributed by atoms with Gasteiger partial charge in [0, 0.05) is 11.1 Å². The minimum absolute atomic E-state index is 0.934. The fourth-order valence-corrected chi connectivity index (χ4v) is 2.99. The van der Waals surface area contributed by atoms with Crippen LogP contribution in [0.1, 0.15) is 4.88 Å². The van der Waals surface area contributed by atoms with E-state index < -0.39 is 0 Å². The Morgan fingerprint density at radius 1 is 1.44 bits per heavy atom. The van der Waals surface area contributed by atoms with E-state index in [4.69, 9.17) is 0 Å². The molecule has 16 heavy (non-hydrogen) atoms. The number of likely N-dealkylation sites (N-methyl/N-ethyl adjacent to an activating group) is 1. The van der Waals surface area contributed by atoms with E-state index in [1.165, 1.54) is 4.88 Å². The van der Waals surface area contributed by atoms with Crippen LogP contribution in [-0.4, -0.2) is 23.6 Å². The molecule has 84 valence electrons. The minimum Gasteiger partial charge on any atom is -0.319 e. The smallest absolute Gasteiger partial charge is 0.143 e. The summed E-state index contributed by atoms with van der Waals surface area (Å²) in [7, 11) is 1.95. The molecule has 3 nitrogen and oxygen atoms in total. The Kier molecular flexibility index (Phi) is 4.04. The van der Waals surface area contributed by atoms with Gasteiger partial charge in [0.2, 0.25) is 0 Å². The van der Waals surface area contributed by atoms with Gasteiger partial charge in [0.05, 0.1) is 5.69 Å². The van der Waals surface area contributed by atoms with Gasteiger partial charge in [-0.15, -0.1) is 11.3 Å². The van der Waals surface area contributed by atoms with Crippen LogP contribution < -0.4 is 5.32 Å². The molecule has 1 N–H and O–H groups in total. The highest BCUT2D eigenvalue weighted by Crippen LogP contribution is 2.29. The van der Waals surface area contributed by atoms with E-state index in [-0.39, 0.29) is 0 Å². The van der Waals surface area contributed by atoms with Crippen molar-refractivity contribution in [3.63, 3.8) is 0 Å². The molecule has 0 aliphatic heterocycles. The van der Waals surface area contributed by atoms with Crippen molar-refractivity contribution >= 4 is 27.3 Å². The van der Waals surface area contributed by atoms with Crippen molar-refractivity contribution in [3.8, 4) is 10.7 Å². The first-order valence-corrected chi connectivity index (χ1v) is 6.63. The van der Waals surface area contributed by atoms with Crippen molar-refractivity contribution in [1.29, 1.82) is 0 Å². The molecule has 0 fully saturated rings. The van der Waals surface area contributed by atoms with E-state index in [2.05, 4.69) is 31.2 Å². The van der Waals surface area contributed by atoms with E-state index in [1.807, 2.05) is 25.2 Å². The Hall–Kier alpha value is -0.780. The third-order valence-electron chi connectivity index (χ3n) is 2.14. The molecule has 5 heteroatoms. The molecule has 0 aliphatic rings. The lowest BCUT2D eigenvalue weighted by Crippen LogP contribution is -2.09. The normalized spacial score (nSPS) is 10.6. The van der Waals surface area contributed by atoms with Crippen molar-refractivity contribution in [1.82, 2.24) is 15.3 Å². The van der Waals surface area contributed by atoms with Crippen LogP contribution in [0.4, 0.5) is 0 Å². The van der Waals surface area contributed by atoms with Crippen LogP contribution in [0.2, 0.25) is 0 Å². The Balaban J connectivity index is 2.24. The number of hydrogen-bond acceptors (Lipinski definition) is 4. The Morgan fingerprint density at radius 2 is 2.31 bits per heavy atom. The Bertz CT molecular complexity index is 456. The molecule has 0 saturated heterocycles. The number of aromatic nitrogens is 2. The molecule has 0 radical (unpaired) electrons. The third kappa shape index (κ3) is 2.66. The molecule has 2 heterocycles. The predicted molar refractivity (Wildman–Crippen MR) is 70.7 cm³/mol. The third-order valence-corrected chi connectivity index (χ3v) is 4.19. The van der Waals surface area contributed by atoms with Gasteiger partial charge in [-0.1, -0.05) is 6.07 Å². The zero-order valence-corrected chi connectivity index (χ0v) is 11.3. The molecular weight excluding hydrogens is 286 g/mol. The average molecular weight is 298 g/mol. The zero-order valence-electron chi connectivity index (χ0n) is 8.90. The number of thiazole rings is 1. The summed E-state index contributed by atoms with van der Waals surface area (Å²) in [5, 5.41) is 4.11.